The second-order valence-electron chi connectivity index (χ2n) is 7.67. The van der Waals surface area contributed by atoms with Crippen molar-refractivity contribution in [1.82, 2.24) is 14.5 Å². The molecule has 1 fully saturated rings. The second-order valence-corrected chi connectivity index (χ2v) is 14.9. The van der Waals surface area contributed by atoms with Gasteiger partial charge >= 0.3 is 23.5 Å². The minimum Gasteiger partial charge on any atom is -0.383 e. The fraction of sp³-hybridized carbons (Fsp3) is 0.529. The number of phosphoric ester groups is 1. The van der Waals surface area contributed by atoms with Gasteiger partial charge in [-0.1, -0.05) is 33.4 Å². The van der Waals surface area contributed by atoms with Crippen molar-refractivity contribution in [2.24, 2.45) is 5.73 Å². The molecule has 6 atom stereocenters. The van der Waals surface area contributed by atoms with Crippen molar-refractivity contribution in [2.75, 3.05) is 25.1 Å². The van der Waals surface area contributed by atoms with Gasteiger partial charge in [-0.15, -0.1) is 0 Å². The fourth-order valence-electron chi connectivity index (χ4n) is 3.61. The summed E-state index contributed by atoms with van der Waals surface area (Å²) in [5.74, 6) is 5.83. The van der Waals surface area contributed by atoms with E-state index in [2.05, 4.69) is 30.4 Å². The molecule has 22 heteroatoms. The Labute approximate surface area is 230 Å². The van der Waals surface area contributed by atoms with E-state index in [-0.39, 0.29) is 24.2 Å². The second kappa shape index (κ2) is 13.3. The summed E-state index contributed by atoms with van der Waals surface area (Å²) in [5.41, 5.74) is 12.1. The van der Waals surface area contributed by atoms with Crippen LogP contribution in [0.3, 0.4) is 0 Å². The number of rotatable bonds is 12. The number of nitrogens with zero attached hydrogens (tertiary/aromatic N) is 3. The topological polar surface area (TPSA) is 261 Å². The van der Waals surface area contributed by atoms with Gasteiger partial charge in [0.05, 0.1) is 30.2 Å². The number of hydrogen-bond acceptors (Lipinski definition) is 14. The third-order valence-corrected chi connectivity index (χ3v) is 10.6. The minimum absolute atomic E-state index is 0.101. The summed E-state index contributed by atoms with van der Waals surface area (Å²) in [6.45, 7) is 1.20. The molecular weight excluding hydrogens is 623 g/mol. The van der Waals surface area contributed by atoms with E-state index in [0.29, 0.717) is 16.6 Å². The Morgan fingerprint density at radius 3 is 2.59 bits per heavy atom. The highest BCUT2D eigenvalue weighted by atomic mass is 33.1. The van der Waals surface area contributed by atoms with E-state index >= 15 is 0 Å². The molecule has 0 aliphatic carbocycles. The van der Waals surface area contributed by atoms with Crippen LogP contribution in [0.15, 0.2) is 12.5 Å². The fourth-order valence-corrected chi connectivity index (χ4v) is 8.05. The number of anilines is 1. The Morgan fingerprint density at radius 1 is 1.23 bits per heavy atom. The Balaban J connectivity index is 1.85. The van der Waals surface area contributed by atoms with E-state index in [1.54, 1.807) is 17.7 Å². The predicted octanol–water partition coefficient (Wildman–Crippen LogP) is 1.70. The summed E-state index contributed by atoms with van der Waals surface area (Å²) < 4.78 is 60.8. The zero-order valence-corrected chi connectivity index (χ0v) is 24.6. The summed E-state index contributed by atoms with van der Waals surface area (Å²) in [7, 11) is -13.7. The molecular formula is C17H26N5O12P3S2. The Morgan fingerprint density at radius 2 is 1.95 bits per heavy atom. The lowest BCUT2D eigenvalue weighted by molar-refractivity contribution is -0.0616. The molecule has 8 N–H and O–H groups in total. The van der Waals surface area contributed by atoms with Crippen LogP contribution in [0.5, 0.6) is 0 Å². The van der Waals surface area contributed by atoms with Gasteiger partial charge in [0.15, 0.2) is 0 Å². The molecule has 3 rings (SSSR count). The first kappa shape index (κ1) is 32.5. The number of nitrogen functional groups attached to an aromatic ring is 1. The van der Waals surface area contributed by atoms with Crippen LogP contribution in [0.4, 0.5) is 5.82 Å². The van der Waals surface area contributed by atoms with Gasteiger partial charge in [0.2, 0.25) is 0 Å². The molecule has 0 spiro atoms. The van der Waals surface area contributed by atoms with Crippen molar-refractivity contribution in [1.29, 1.82) is 0 Å². The highest BCUT2D eigenvalue weighted by molar-refractivity contribution is 8.76. The van der Waals surface area contributed by atoms with Crippen molar-refractivity contribution in [3.05, 3.63) is 18.1 Å². The zero-order chi connectivity index (χ0) is 29.0. The standard InChI is InChI=1S/C17H26N5O12P3S2/c1-10(39-38-2)31-12-6-14(22-7-11(4-3-5-18)15-16(19)20-9-21-17(15)22)32-13(12)8-30-36(26,27)34-37(28,29)33-35(23,24)25/h7,9-10,12-14H,5-6,8,18H2,1-2H3,(H,26,27)(H,28,29)(H2,19,20,21)(H2,23,24,25)/t10-,12?,13?,14?/m1/s1. The number of aromatic nitrogens is 3. The molecule has 17 nitrogen and oxygen atoms in total. The lowest BCUT2D eigenvalue weighted by atomic mass is 10.2. The van der Waals surface area contributed by atoms with Gasteiger partial charge in [-0.2, -0.15) is 8.62 Å². The molecule has 0 amide bonds. The Kier molecular flexibility index (Phi) is 11.1. The zero-order valence-electron chi connectivity index (χ0n) is 20.3. The molecule has 2 aromatic heterocycles. The quantitative estimate of drug-likeness (QED) is 0.0827. The van der Waals surface area contributed by atoms with E-state index in [9.17, 15) is 23.5 Å². The Bertz CT molecular complexity index is 1380. The molecule has 0 aromatic carbocycles. The SMILES string of the molecule is CSS[C@H](C)OC1CC(n2cc(C#CCN)c3c(N)ncnc32)OC1COP(=O)(O)OP(=O)(O)OP(=O)(O)O. The first-order valence-electron chi connectivity index (χ1n) is 10.7. The van der Waals surface area contributed by atoms with Gasteiger partial charge < -0.3 is 45.1 Å². The predicted molar refractivity (Wildman–Crippen MR) is 142 cm³/mol. The first-order chi connectivity index (χ1) is 18.1. The maximum atomic E-state index is 12.3. The van der Waals surface area contributed by atoms with Crippen LogP contribution in [-0.2, 0) is 36.3 Å². The van der Waals surface area contributed by atoms with E-state index in [0.717, 1.165) is 0 Å². The van der Waals surface area contributed by atoms with E-state index in [1.165, 1.54) is 27.9 Å². The van der Waals surface area contributed by atoms with Crippen LogP contribution < -0.4 is 11.5 Å². The summed E-state index contributed by atoms with van der Waals surface area (Å²) in [6, 6.07) is 0. The number of fused-ring (bicyclic) bond motifs is 1. The number of phosphoric acid groups is 3. The lowest BCUT2D eigenvalue weighted by Gasteiger charge is -2.23. The molecule has 3 heterocycles. The molecule has 2 aromatic rings. The van der Waals surface area contributed by atoms with E-state index in [4.69, 9.17) is 35.3 Å². The van der Waals surface area contributed by atoms with Gasteiger partial charge in [0.1, 0.15) is 35.6 Å². The molecule has 1 aliphatic rings. The summed E-state index contributed by atoms with van der Waals surface area (Å²) in [4.78, 5) is 44.9. The minimum atomic E-state index is -5.67. The largest absolute Gasteiger partial charge is 0.490 e. The average molecular weight is 649 g/mol. The molecule has 1 aliphatic heterocycles. The summed E-state index contributed by atoms with van der Waals surface area (Å²) in [5, 5.41) is 0.475. The lowest BCUT2D eigenvalue weighted by Crippen LogP contribution is -2.30. The van der Waals surface area contributed by atoms with Crippen LogP contribution in [0.1, 0.15) is 25.1 Å². The highest BCUT2D eigenvalue weighted by Gasteiger charge is 2.44. The smallest absolute Gasteiger partial charge is 0.383 e. The molecule has 218 valence electrons. The van der Waals surface area contributed by atoms with Crippen molar-refractivity contribution < 1.29 is 55.9 Å². The van der Waals surface area contributed by atoms with Gasteiger partial charge in [-0.3, -0.25) is 4.52 Å². The number of nitrogens with two attached hydrogens (primary N) is 2. The van der Waals surface area contributed by atoms with E-state index in [1.807, 2.05) is 6.26 Å². The summed E-state index contributed by atoms with van der Waals surface area (Å²) >= 11 is 0. The molecule has 1 saturated heterocycles. The van der Waals surface area contributed by atoms with Crippen LogP contribution in [0, 0.1) is 11.8 Å². The molecule has 0 radical (unpaired) electrons. The average Bonchev–Trinajstić information content (AvgIpc) is 3.36. The highest BCUT2D eigenvalue weighted by Crippen LogP contribution is 2.66. The van der Waals surface area contributed by atoms with Gasteiger partial charge in [0, 0.05) is 12.6 Å². The Hall–Kier alpha value is -1.03. The monoisotopic (exact) mass is 649 g/mol. The van der Waals surface area contributed by atoms with Gasteiger partial charge in [-0.25, -0.2) is 23.7 Å². The summed E-state index contributed by atoms with van der Waals surface area (Å²) in [6.07, 6.45) is 2.49. The van der Waals surface area contributed by atoms with Crippen LogP contribution in [-0.4, -0.2) is 71.2 Å². The number of hydrogen-bond donors (Lipinski definition) is 6. The van der Waals surface area contributed by atoms with Crippen molar-refractivity contribution in [3.63, 3.8) is 0 Å². The maximum Gasteiger partial charge on any atom is 0.490 e. The van der Waals surface area contributed by atoms with Gasteiger partial charge in [-0.05, 0) is 13.2 Å². The third kappa shape index (κ3) is 9.23. The van der Waals surface area contributed by atoms with Crippen LogP contribution in [0.25, 0.3) is 11.0 Å². The molecule has 0 bridgehead atoms. The molecule has 0 saturated carbocycles. The molecule has 39 heavy (non-hydrogen) atoms. The normalized spacial score (nSPS) is 23.6. The van der Waals surface area contributed by atoms with Crippen molar-refractivity contribution in [2.45, 2.75) is 37.2 Å². The number of ether oxygens (including phenoxy) is 2. The molecule has 5 unspecified atom stereocenters. The van der Waals surface area contributed by atoms with Crippen molar-refractivity contribution in [3.8, 4) is 11.8 Å². The van der Waals surface area contributed by atoms with Crippen molar-refractivity contribution >= 4 is 61.9 Å². The third-order valence-electron chi connectivity index (χ3n) is 4.87. The van der Waals surface area contributed by atoms with Crippen LogP contribution >= 0.6 is 45.1 Å². The first-order valence-corrected chi connectivity index (χ1v) is 17.9. The van der Waals surface area contributed by atoms with Gasteiger partial charge in [0.25, 0.3) is 0 Å². The maximum absolute atomic E-state index is 12.3. The van der Waals surface area contributed by atoms with Crippen LogP contribution in [0.2, 0.25) is 0 Å². The van der Waals surface area contributed by atoms with E-state index < -0.39 is 48.5 Å².